The first-order chi connectivity index (χ1) is 15.6. The molecule has 0 unspecified atom stereocenters. The van der Waals surface area contributed by atoms with Crippen molar-refractivity contribution in [3.05, 3.63) is 64.9 Å². The fraction of sp³-hybridized carbons (Fsp3) is 0.417. The molecule has 0 aliphatic carbocycles. The van der Waals surface area contributed by atoms with Crippen molar-refractivity contribution in [1.82, 2.24) is 10.2 Å². The Labute approximate surface area is 199 Å². The molecule has 0 aromatic heterocycles. The highest BCUT2D eigenvalue weighted by Gasteiger charge is 2.17. The summed E-state index contributed by atoms with van der Waals surface area (Å²) in [6, 6.07) is 13.8. The monoisotopic (exact) mass is 479 g/mol. The van der Waals surface area contributed by atoms with Crippen LogP contribution in [0.2, 0.25) is 5.02 Å². The van der Waals surface area contributed by atoms with Crippen molar-refractivity contribution in [3.8, 4) is 0 Å². The fourth-order valence-electron chi connectivity index (χ4n) is 2.82. The maximum absolute atomic E-state index is 13.6. The van der Waals surface area contributed by atoms with Crippen molar-refractivity contribution in [1.29, 1.82) is 0 Å². The van der Waals surface area contributed by atoms with Crippen LogP contribution in [0.25, 0.3) is 0 Å². The third-order valence-electron chi connectivity index (χ3n) is 4.37. The number of nitrogens with zero attached hydrogens (tertiary/aromatic N) is 1. The van der Waals surface area contributed by atoms with Gasteiger partial charge >= 0.3 is 12.2 Å². The van der Waals surface area contributed by atoms with E-state index in [1.54, 1.807) is 31.7 Å². The Balaban J connectivity index is 1.86. The number of hydrogen-bond acceptors (Lipinski definition) is 5. The summed E-state index contributed by atoms with van der Waals surface area (Å²) in [6.07, 6.45) is -0.470. The summed E-state index contributed by atoms with van der Waals surface area (Å²) < 4.78 is 24.3. The minimum atomic E-state index is -0.579. The van der Waals surface area contributed by atoms with Gasteiger partial charge in [-0.3, -0.25) is 0 Å². The van der Waals surface area contributed by atoms with Gasteiger partial charge in [-0.25, -0.2) is 14.0 Å². The van der Waals surface area contributed by atoms with Gasteiger partial charge in [0.2, 0.25) is 0 Å². The standard InChI is InChI=1S/C24H31ClFN3O4/c1-24(2,3)33-22(30)28-12-7-14-29(23(31)32-17-18-8-5-4-6-9-18)15-13-27-19-10-11-20(25)21(26)16-19/h4-6,8-11,16,27H,7,12-15,17H2,1-3H3,(H,28,30). The number of benzene rings is 2. The van der Waals surface area contributed by atoms with Crippen molar-refractivity contribution in [2.75, 3.05) is 31.5 Å². The van der Waals surface area contributed by atoms with E-state index >= 15 is 0 Å². The molecule has 0 atom stereocenters. The van der Waals surface area contributed by atoms with Gasteiger partial charge in [0.25, 0.3) is 0 Å². The Hall–Kier alpha value is -3.00. The summed E-state index contributed by atoms with van der Waals surface area (Å²) in [7, 11) is 0. The molecule has 0 heterocycles. The zero-order valence-electron chi connectivity index (χ0n) is 19.2. The minimum Gasteiger partial charge on any atom is -0.445 e. The first-order valence-electron chi connectivity index (χ1n) is 10.8. The molecular weight excluding hydrogens is 449 g/mol. The number of hydrogen-bond donors (Lipinski definition) is 2. The second-order valence-corrected chi connectivity index (χ2v) is 8.77. The van der Waals surface area contributed by atoms with Gasteiger partial charge < -0.3 is 25.0 Å². The van der Waals surface area contributed by atoms with E-state index in [2.05, 4.69) is 10.6 Å². The van der Waals surface area contributed by atoms with Crippen LogP contribution in [0.4, 0.5) is 19.7 Å². The highest BCUT2D eigenvalue weighted by Crippen LogP contribution is 2.18. The van der Waals surface area contributed by atoms with Gasteiger partial charge in [-0.15, -0.1) is 0 Å². The number of carbonyl (C=O) groups excluding carboxylic acids is 2. The van der Waals surface area contributed by atoms with Gasteiger partial charge in [-0.05, 0) is 51.0 Å². The zero-order valence-corrected chi connectivity index (χ0v) is 20.0. The number of ether oxygens (including phenoxy) is 2. The average Bonchev–Trinajstić information content (AvgIpc) is 2.75. The molecular formula is C24H31ClFN3O4. The van der Waals surface area contributed by atoms with Gasteiger partial charge in [0.15, 0.2) is 0 Å². The van der Waals surface area contributed by atoms with Crippen molar-refractivity contribution < 1.29 is 23.5 Å². The number of anilines is 1. The molecule has 2 amide bonds. The first kappa shape index (κ1) is 26.3. The molecule has 0 aliphatic heterocycles. The number of amides is 2. The maximum atomic E-state index is 13.6. The normalized spacial score (nSPS) is 10.9. The molecule has 0 saturated carbocycles. The smallest absolute Gasteiger partial charge is 0.410 e. The van der Waals surface area contributed by atoms with Gasteiger partial charge in [0, 0.05) is 31.9 Å². The molecule has 2 aromatic rings. The molecule has 0 spiro atoms. The van der Waals surface area contributed by atoms with E-state index in [9.17, 15) is 14.0 Å². The van der Waals surface area contributed by atoms with Crippen LogP contribution in [0.1, 0.15) is 32.8 Å². The third kappa shape index (κ3) is 10.4. The summed E-state index contributed by atoms with van der Waals surface area (Å²) in [6.45, 7) is 6.92. The SMILES string of the molecule is CC(C)(C)OC(=O)NCCCN(CCNc1ccc(Cl)c(F)c1)C(=O)OCc1ccccc1. The van der Waals surface area contributed by atoms with Crippen molar-refractivity contribution >= 4 is 29.5 Å². The first-order valence-corrected chi connectivity index (χ1v) is 11.1. The summed E-state index contributed by atoms with van der Waals surface area (Å²) in [4.78, 5) is 26.0. The molecule has 0 fully saturated rings. The average molecular weight is 480 g/mol. The second-order valence-electron chi connectivity index (χ2n) is 8.37. The van der Waals surface area contributed by atoms with E-state index < -0.39 is 23.6 Å². The van der Waals surface area contributed by atoms with E-state index in [1.165, 1.54) is 12.1 Å². The summed E-state index contributed by atoms with van der Waals surface area (Å²) in [5, 5.41) is 5.79. The van der Waals surface area contributed by atoms with Gasteiger partial charge in [0.1, 0.15) is 18.0 Å². The highest BCUT2D eigenvalue weighted by molar-refractivity contribution is 6.30. The van der Waals surface area contributed by atoms with E-state index in [4.69, 9.17) is 21.1 Å². The van der Waals surface area contributed by atoms with Crippen LogP contribution in [0.5, 0.6) is 0 Å². The molecule has 2 N–H and O–H groups in total. The molecule has 0 bridgehead atoms. The van der Waals surface area contributed by atoms with Crippen LogP contribution in [-0.2, 0) is 16.1 Å². The summed E-state index contributed by atoms with van der Waals surface area (Å²) in [5.74, 6) is -0.519. The summed E-state index contributed by atoms with van der Waals surface area (Å²) in [5.41, 5.74) is 0.859. The molecule has 9 heteroatoms. The number of halogens is 2. The van der Waals surface area contributed by atoms with E-state index in [0.717, 1.165) is 5.56 Å². The number of rotatable bonds is 10. The molecule has 33 heavy (non-hydrogen) atoms. The van der Waals surface area contributed by atoms with E-state index in [-0.39, 0.29) is 11.6 Å². The lowest BCUT2D eigenvalue weighted by molar-refractivity contribution is 0.0525. The molecule has 7 nitrogen and oxygen atoms in total. The van der Waals surface area contributed by atoms with Gasteiger partial charge in [0.05, 0.1) is 5.02 Å². The second kappa shape index (κ2) is 12.9. The Morgan fingerprint density at radius 1 is 1.06 bits per heavy atom. The number of alkyl carbamates (subject to hydrolysis) is 1. The lowest BCUT2D eigenvalue weighted by atomic mass is 10.2. The van der Waals surface area contributed by atoms with Crippen molar-refractivity contribution in [2.45, 2.75) is 39.4 Å². The molecule has 2 aromatic carbocycles. The van der Waals surface area contributed by atoms with Crippen molar-refractivity contribution in [2.24, 2.45) is 0 Å². The third-order valence-corrected chi connectivity index (χ3v) is 4.67. The van der Waals surface area contributed by atoms with Crippen LogP contribution >= 0.6 is 11.6 Å². The Morgan fingerprint density at radius 3 is 2.45 bits per heavy atom. The van der Waals surface area contributed by atoms with Crippen LogP contribution in [0.15, 0.2) is 48.5 Å². The largest absolute Gasteiger partial charge is 0.445 e. The quantitative estimate of drug-likeness (QED) is 0.443. The maximum Gasteiger partial charge on any atom is 0.410 e. The molecule has 180 valence electrons. The van der Waals surface area contributed by atoms with E-state index in [1.807, 2.05) is 30.3 Å². The Morgan fingerprint density at radius 2 is 1.79 bits per heavy atom. The number of nitrogens with one attached hydrogen (secondary N) is 2. The predicted octanol–water partition coefficient (Wildman–Crippen LogP) is 5.44. The van der Waals surface area contributed by atoms with Crippen molar-refractivity contribution in [3.63, 3.8) is 0 Å². The topological polar surface area (TPSA) is 79.9 Å². The minimum absolute atomic E-state index is 0.0455. The van der Waals surface area contributed by atoms with Crippen LogP contribution in [0.3, 0.4) is 0 Å². The predicted molar refractivity (Wildman–Crippen MR) is 127 cm³/mol. The molecule has 0 aliphatic rings. The lowest BCUT2D eigenvalue weighted by Gasteiger charge is -2.23. The van der Waals surface area contributed by atoms with Gasteiger partial charge in [-0.1, -0.05) is 41.9 Å². The molecule has 0 saturated heterocycles. The molecule has 2 rings (SSSR count). The van der Waals surface area contributed by atoms with Crippen LogP contribution in [-0.4, -0.2) is 48.9 Å². The highest BCUT2D eigenvalue weighted by atomic mass is 35.5. The van der Waals surface area contributed by atoms with Crippen LogP contribution in [0, 0.1) is 5.82 Å². The Kier molecular flexibility index (Phi) is 10.3. The number of carbonyl (C=O) groups is 2. The fourth-order valence-corrected chi connectivity index (χ4v) is 2.94. The van der Waals surface area contributed by atoms with Crippen LogP contribution < -0.4 is 10.6 Å². The summed E-state index contributed by atoms with van der Waals surface area (Å²) >= 11 is 5.71. The molecule has 0 radical (unpaired) electrons. The zero-order chi connectivity index (χ0) is 24.3. The van der Waals surface area contributed by atoms with E-state index in [0.29, 0.717) is 38.3 Å². The Bertz CT molecular complexity index is 906. The lowest BCUT2D eigenvalue weighted by Crippen LogP contribution is -2.38. The van der Waals surface area contributed by atoms with Gasteiger partial charge in [-0.2, -0.15) is 0 Å².